The maximum atomic E-state index is 12.2. The van der Waals surface area contributed by atoms with E-state index < -0.39 is 0 Å². The zero-order chi connectivity index (χ0) is 17.4. The van der Waals surface area contributed by atoms with Gasteiger partial charge in [-0.05, 0) is 41.7 Å². The normalized spacial score (nSPS) is 14.4. The number of hydrogen-bond donors (Lipinski definition) is 3. The van der Waals surface area contributed by atoms with Gasteiger partial charge in [0.05, 0.1) is 6.54 Å². The first kappa shape index (κ1) is 18.5. The van der Waals surface area contributed by atoms with Crippen molar-refractivity contribution in [2.45, 2.75) is 45.7 Å². The van der Waals surface area contributed by atoms with Crippen LogP contribution in [0, 0.1) is 5.92 Å². The summed E-state index contributed by atoms with van der Waals surface area (Å²) in [5.41, 5.74) is 1.95. The molecule has 0 saturated heterocycles. The topological polar surface area (TPSA) is 73.5 Å². The van der Waals surface area contributed by atoms with Crippen LogP contribution >= 0.6 is 11.8 Å². The summed E-state index contributed by atoms with van der Waals surface area (Å²) in [7, 11) is 0. The molecule has 3 N–H and O–H groups in total. The molecule has 0 spiro atoms. The van der Waals surface area contributed by atoms with Gasteiger partial charge in [-0.3, -0.25) is 4.79 Å². The fourth-order valence-electron chi connectivity index (χ4n) is 2.85. The van der Waals surface area contributed by atoms with E-state index >= 15 is 0 Å². The number of halogens is 1. The summed E-state index contributed by atoms with van der Waals surface area (Å²) in [4.78, 5) is 25.5. The Balaban J connectivity index is 1.82. The van der Waals surface area contributed by atoms with Gasteiger partial charge in [0.25, 0.3) is 0 Å². The fraction of sp³-hybridized carbons (Fsp3) is 0.529. The van der Waals surface area contributed by atoms with E-state index in [1.807, 2.05) is 24.3 Å². The highest BCUT2D eigenvalue weighted by molar-refractivity contribution is 6.13. The maximum Gasteiger partial charge on any atom is 0.333 e. The van der Waals surface area contributed by atoms with Gasteiger partial charge in [-0.2, -0.15) is 0 Å². The monoisotopic (exact) mass is 352 g/mol. The molecule has 1 aliphatic rings. The smallest absolute Gasteiger partial charge is 0.333 e. The number of carbonyl (C=O) groups excluding carboxylic acids is 2. The number of nitrogens with zero attached hydrogens (tertiary/aromatic N) is 1. The lowest BCUT2D eigenvalue weighted by Crippen LogP contribution is -2.45. The SMILES string of the molecule is CC(=O)NCc1ccc(CN(NCl)C(=O)NCC2CCCC2)cc1. The van der Waals surface area contributed by atoms with Crippen molar-refractivity contribution in [1.82, 2.24) is 20.6 Å². The second-order valence-corrected chi connectivity index (χ2v) is 6.40. The van der Waals surface area contributed by atoms with Gasteiger partial charge in [-0.15, -0.1) is 4.94 Å². The Morgan fingerprint density at radius 3 is 2.33 bits per heavy atom. The van der Waals surface area contributed by atoms with Crippen LogP contribution < -0.4 is 15.6 Å². The summed E-state index contributed by atoms with van der Waals surface area (Å²) in [5.74, 6) is 0.523. The minimum atomic E-state index is -0.223. The molecule has 24 heavy (non-hydrogen) atoms. The van der Waals surface area contributed by atoms with Gasteiger partial charge in [0.2, 0.25) is 5.91 Å². The molecule has 0 unspecified atom stereocenters. The molecule has 0 aliphatic heterocycles. The van der Waals surface area contributed by atoms with Crippen LogP contribution in [0.25, 0.3) is 0 Å². The number of carbonyl (C=O) groups is 2. The second-order valence-electron chi connectivity index (χ2n) is 6.23. The Labute approximate surface area is 148 Å². The molecule has 1 aromatic rings. The molecule has 0 bridgehead atoms. The van der Waals surface area contributed by atoms with Crippen molar-refractivity contribution in [3.8, 4) is 0 Å². The van der Waals surface area contributed by atoms with Crippen molar-refractivity contribution in [3.63, 3.8) is 0 Å². The van der Waals surface area contributed by atoms with E-state index in [0.717, 1.165) is 11.1 Å². The predicted octanol–water partition coefficient (Wildman–Crippen LogP) is 2.68. The number of hydrazine groups is 1. The zero-order valence-corrected chi connectivity index (χ0v) is 14.7. The van der Waals surface area contributed by atoms with E-state index in [-0.39, 0.29) is 11.9 Å². The molecule has 1 saturated carbocycles. The lowest BCUT2D eigenvalue weighted by atomic mass is 10.1. The standard InChI is InChI=1S/C17H25ClN4O2/c1-13(23)19-10-15-6-8-16(9-7-15)12-22(21-18)17(24)20-11-14-4-2-3-5-14/h6-9,14,21H,2-5,10-12H2,1H3,(H,19,23)(H,20,24). The first-order chi connectivity index (χ1) is 11.6. The van der Waals surface area contributed by atoms with Crippen molar-refractivity contribution in [1.29, 1.82) is 0 Å². The van der Waals surface area contributed by atoms with Crippen LogP contribution in [0.2, 0.25) is 0 Å². The minimum Gasteiger partial charge on any atom is -0.352 e. The van der Waals surface area contributed by atoms with Crippen LogP contribution in [0.5, 0.6) is 0 Å². The molecule has 2 rings (SSSR count). The Hall–Kier alpha value is -1.79. The Morgan fingerprint density at radius 2 is 1.75 bits per heavy atom. The average Bonchev–Trinajstić information content (AvgIpc) is 3.10. The fourth-order valence-corrected chi connectivity index (χ4v) is 2.99. The van der Waals surface area contributed by atoms with Crippen molar-refractivity contribution < 1.29 is 9.59 Å². The van der Waals surface area contributed by atoms with Crippen LogP contribution in [-0.2, 0) is 17.9 Å². The van der Waals surface area contributed by atoms with Gasteiger partial charge < -0.3 is 10.6 Å². The predicted molar refractivity (Wildman–Crippen MR) is 93.9 cm³/mol. The summed E-state index contributed by atoms with van der Waals surface area (Å²) >= 11 is 5.69. The van der Waals surface area contributed by atoms with E-state index in [2.05, 4.69) is 15.6 Å². The van der Waals surface area contributed by atoms with Gasteiger partial charge in [-0.1, -0.05) is 37.1 Å². The molecule has 3 amide bonds. The van der Waals surface area contributed by atoms with E-state index in [9.17, 15) is 9.59 Å². The highest BCUT2D eigenvalue weighted by Gasteiger charge is 2.18. The van der Waals surface area contributed by atoms with E-state index in [0.29, 0.717) is 25.6 Å². The lowest BCUT2D eigenvalue weighted by Gasteiger charge is -2.21. The first-order valence-corrected chi connectivity index (χ1v) is 8.70. The summed E-state index contributed by atoms with van der Waals surface area (Å²) in [6.07, 6.45) is 4.88. The Kier molecular flexibility index (Phi) is 7.34. The van der Waals surface area contributed by atoms with Crippen LogP contribution in [0.15, 0.2) is 24.3 Å². The van der Waals surface area contributed by atoms with Crippen LogP contribution in [0.1, 0.15) is 43.7 Å². The minimum absolute atomic E-state index is 0.0597. The summed E-state index contributed by atoms with van der Waals surface area (Å²) in [5, 5.41) is 7.03. The summed E-state index contributed by atoms with van der Waals surface area (Å²) in [6, 6.07) is 7.47. The van der Waals surface area contributed by atoms with Gasteiger partial charge in [0.15, 0.2) is 0 Å². The lowest BCUT2D eigenvalue weighted by molar-refractivity contribution is -0.119. The number of hydrogen-bond acceptors (Lipinski definition) is 3. The van der Waals surface area contributed by atoms with Crippen LogP contribution in [0.3, 0.4) is 0 Å². The number of urea groups is 1. The van der Waals surface area contributed by atoms with E-state index in [4.69, 9.17) is 11.8 Å². The molecule has 6 nitrogen and oxygen atoms in total. The third-order valence-corrected chi connectivity index (χ3v) is 4.47. The molecule has 1 fully saturated rings. The second kappa shape index (κ2) is 9.49. The largest absolute Gasteiger partial charge is 0.352 e. The number of rotatable bonds is 7. The molecule has 132 valence electrons. The van der Waals surface area contributed by atoms with Gasteiger partial charge in [0.1, 0.15) is 0 Å². The zero-order valence-electron chi connectivity index (χ0n) is 14.0. The highest BCUT2D eigenvalue weighted by atomic mass is 35.5. The van der Waals surface area contributed by atoms with Crippen LogP contribution in [0.4, 0.5) is 4.79 Å². The van der Waals surface area contributed by atoms with Gasteiger partial charge in [-0.25, -0.2) is 9.80 Å². The molecular weight excluding hydrogens is 328 g/mol. The van der Waals surface area contributed by atoms with E-state index in [1.165, 1.54) is 37.6 Å². The van der Waals surface area contributed by atoms with Gasteiger partial charge in [0, 0.05) is 20.0 Å². The summed E-state index contributed by atoms with van der Waals surface area (Å²) < 4.78 is 0. The summed E-state index contributed by atoms with van der Waals surface area (Å²) in [6.45, 7) is 3.04. The third kappa shape index (κ3) is 6.02. The quantitative estimate of drug-likeness (QED) is 0.521. The maximum absolute atomic E-state index is 12.2. The molecule has 0 aromatic heterocycles. The van der Waals surface area contributed by atoms with E-state index in [1.54, 1.807) is 0 Å². The van der Waals surface area contributed by atoms with Gasteiger partial charge >= 0.3 is 6.03 Å². The molecule has 1 aromatic carbocycles. The van der Waals surface area contributed by atoms with Crippen molar-refractivity contribution in [2.75, 3.05) is 6.54 Å². The molecule has 0 atom stereocenters. The highest BCUT2D eigenvalue weighted by Crippen LogP contribution is 2.23. The van der Waals surface area contributed by atoms with Crippen LogP contribution in [-0.4, -0.2) is 23.5 Å². The van der Waals surface area contributed by atoms with Crippen molar-refractivity contribution in [3.05, 3.63) is 35.4 Å². The molecule has 1 aliphatic carbocycles. The number of nitrogens with one attached hydrogen (secondary N) is 3. The number of amides is 3. The Morgan fingerprint density at radius 1 is 1.12 bits per heavy atom. The molecule has 0 radical (unpaired) electrons. The molecule has 0 heterocycles. The third-order valence-electron chi connectivity index (χ3n) is 4.27. The number of benzene rings is 1. The van der Waals surface area contributed by atoms with Crippen molar-refractivity contribution >= 4 is 23.7 Å². The van der Waals surface area contributed by atoms with Crippen molar-refractivity contribution in [2.24, 2.45) is 5.92 Å². The Bertz CT molecular complexity index is 544. The first-order valence-electron chi connectivity index (χ1n) is 8.32. The average molecular weight is 353 g/mol. The molecule has 7 heteroatoms. The molecular formula is C17H25ClN4O2.